The average molecular weight is 430 g/mol. The van der Waals surface area contributed by atoms with Gasteiger partial charge in [0.05, 0.1) is 16.1 Å². The number of nitrogens with one attached hydrogen (secondary N) is 2. The van der Waals surface area contributed by atoms with E-state index in [1.165, 1.54) is 28.9 Å². The van der Waals surface area contributed by atoms with Gasteiger partial charge in [-0.15, -0.1) is 11.3 Å². The van der Waals surface area contributed by atoms with Crippen molar-refractivity contribution in [1.82, 2.24) is 10.2 Å². The number of thiophene rings is 2. The number of rotatable bonds is 5. The van der Waals surface area contributed by atoms with Crippen molar-refractivity contribution in [3.8, 4) is 0 Å². The zero-order valence-electron chi connectivity index (χ0n) is 15.4. The smallest absolute Gasteiger partial charge is 0.291 e. The summed E-state index contributed by atoms with van der Waals surface area (Å²) in [6.45, 7) is 1.17. The van der Waals surface area contributed by atoms with E-state index in [2.05, 4.69) is 10.6 Å². The molecule has 0 radical (unpaired) electrons. The van der Waals surface area contributed by atoms with Crippen LogP contribution in [0, 0.1) is 0 Å². The number of likely N-dealkylation sites (tertiary alicyclic amines) is 1. The lowest BCUT2D eigenvalue weighted by atomic mass is 10.0. The minimum Gasteiger partial charge on any atom is -0.459 e. The van der Waals surface area contributed by atoms with Crippen LogP contribution >= 0.6 is 22.7 Å². The Balaban J connectivity index is 1.29. The molecule has 0 saturated carbocycles. The van der Waals surface area contributed by atoms with Crippen molar-refractivity contribution in [2.24, 2.45) is 0 Å². The first-order valence-electron chi connectivity index (χ1n) is 9.17. The van der Waals surface area contributed by atoms with Crippen LogP contribution in [-0.2, 0) is 0 Å². The first-order chi connectivity index (χ1) is 14.1. The molecule has 150 valence electrons. The molecule has 1 saturated heterocycles. The van der Waals surface area contributed by atoms with Gasteiger partial charge >= 0.3 is 0 Å². The molecule has 1 aliphatic rings. The van der Waals surface area contributed by atoms with E-state index in [1.54, 1.807) is 35.2 Å². The molecular weight excluding hydrogens is 410 g/mol. The third-order valence-electron chi connectivity index (χ3n) is 4.70. The van der Waals surface area contributed by atoms with Crippen LogP contribution in [0.2, 0.25) is 0 Å². The molecule has 0 aliphatic carbocycles. The van der Waals surface area contributed by atoms with E-state index in [-0.39, 0.29) is 29.5 Å². The van der Waals surface area contributed by atoms with Gasteiger partial charge < -0.3 is 20.0 Å². The summed E-state index contributed by atoms with van der Waals surface area (Å²) in [5, 5.41) is 10.1. The van der Waals surface area contributed by atoms with Gasteiger partial charge in [-0.25, -0.2) is 0 Å². The molecular formula is C20H19N3O4S2. The van der Waals surface area contributed by atoms with Gasteiger partial charge in [-0.05, 0) is 48.6 Å². The molecule has 1 fully saturated rings. The lowest BCUT2D eigenvalue weighted by Crippen LogP contribution is -2.46. The van der Waals surface area contributed by atoms with Gasteiger partial charge in [0, 0.05) is 30.1 Å². The molecule has 0 atom stereocenters. The number of hydrogen-bond acceptors (Lipinski definition) is 6. The second kappa shape index (κ2) is 8.62. The fourth-order valence-corrected chi connectivity index (χ4v) is 4.65. The third kappa shape index (κ3) is 4.57. The Morgan fingerprint density at radius 1 is 1.07 bits per heavy atom. The standard InChI is InChI=1S/C20H19N3O4S2/c24-18(13-7-11-28-12-13)21-14-5-8-23(9-6-14)20(26)16-3-4-17(29-16)22-19(25)15-2-1-10-27-15/h1-4,7,10-12,14H,5-6,8-9H2,(H,21,24)(H,22,25). The van der Waals surface area contributed by atoms with E-state index in [0.717, 1.165) is 12.8 Å². The number of furan rings is 1. The Morgan fingerprint density at radius 3 is 2.59 bits per heavy atom. The second-order valence-corrected chi connectivity index (χ2v) is 8.51. The van der Waals surface area contributed by atoms with Crippen LogP contribution in [0.15, 0.2) is 51.8 Å². The van der Waals surface area contributed by atoms with Gasteiger partial charge in [-0.3, -0.25) is 14.4 Å². The largest absolute Gasteiger partial charge is 0.459 e. The molecule has 1 aliphatic heterocycles. The van der Waals surface area contributed by atoms with Crippen LogP contribution in [0.1, 0.15) is 43.4 Å². The first-order valence-corrected chi connectivity index (χ1v) is 10.9. The van der Waals surface area contributed by atoms with Crippen LogP contribution in [0.25, 0.3) is 0 Å². The molecule has 0 bridgehead atoms. The van der Waals surface area contributed by atoms with Gasteiger partial charge in [0.15, 0.2) is 5.76 Å². The summed E-state index contributed by atoms with van der Waals surface area (Å²) in [6.07, 6.45) is 2.87. The predicted molar refractivity (Wildman–Crippen MR) is 112 cm³/mol. The molecule has 4 rings (SSSR count). The van der Waals surface area contributed by atoms with E-state index in [4.69, 9.17) is 4.42 Å². The summed E-state index contributed by atoms with van der Waals surface area (Å²) in [7, 11) is 0. The van der Waals surface area contributed by atoms with Crippen LogP contribution in [0.5, 0.6) is 0 Å². The van der Waals surface area contributed by atoms with Crippen LogP contribution in [0.4, 0.5) is 5.00 Å². The quantitative estimate of drug-likeness (QED) is 0.647. The molecule has 2 N–H and O–H groups in total. The van der Waals surface area contributed by atoms with E-state index in [1.807, 2.05) is 10.8 Å². The van der Waals surface area contributed by atoms with Crippen LogP contribution in [-0.4, -0.2) is 41.8 Å². The van der Waals surface area contributed by atoms with Gasteiger partial charge in [0.2, 0.25) is 0 Å². The minimum absolute atomic E-state index is 0.0592. The summed E-state index contributed by atoms with van der Waals surface area (Å²) in [5.41, 5.74) is 0.677. The van der Waals surface area contributed by atoms with Crippen molar-refractivity contribution >= 4 is 45.4 Å². The van der Waals surface area contributed by atoms with E-state index < -0.39 is 0 Å². The molecule has 7 nitrogen and oxygen atoms in total. The van der Waals surface area contributed by atoms with Gasteiger partial charge in [0.25, 0.3) is 17.7 Å². The zero-order valence-corrected chi connectivity index (χ0v) is 17.1. The zero-order chi connectivity index (χ0) is 20.2. The van der Waals surface area contributed by atoms with Crippen molar-refractivity contribution < 1.29 is 18.8 Å². The maximum Gasteiger partial charge on any atom is 0.291 e. The number of anilines is 1. The molecule has 3 aromatic heterocycles. The summed E-state index contributed by atoms with van der Waals surface area (Å²) < 4.78 is 5.07. The van der Waals surface area contributed by atoms with Crippen molar-refractivity contribution in [3.63, 3.8) is 0 Å². The topological polar surface area (TPSA) is 91.7 Å². The summed E-state index contributed by atoms with van der Waals surface area (Å²) >= 11 is 2.73. The van der Waals surface area contributed by atoms with Gasteiger partial charge in [0.1, 0.15) is 0 Å². The van der Waals surface area contributed by atoms with Gasteiger partial charge in [-0.2, -0.15) is 11.3 Å². The lowest BCUT2D eigenvalue weighted by Gasteiger charge is -2.32. The number of hydrogen-bond donors (Lipinski definition) is 2. The third-order valence-corrected chi connectivity index (χ3v) is 6.37. The summed E-state index contributed by atoms with van der Waals surface area (Å²) in [5.74, 6) is -0.252. The molecule has 3 aromatic rings. The highest BCUT2D eigenvalue weighted by molar-refractivity contribution is 7.18. The maximum atomic E-state index is 12.8. The van der Waals surface area contributed by atoms with E-state index >= 15 is 0 Å². The van der Waals surface area contributed by atoms with Crippen molar-refractivity contribution in [2.75, 3.05) is 18.4 Å². The lowest BCUT2D eigenvalue weighted by molar-refractivity contribution is 0.0702. The highest BCUT2D eigenvalue weighted by Crippen LogP contribution is 2.25. The second-order valence-electron chi connectivity index (χ2n) is 6.65. The predicted octanol–water partition coefficient (Wildman–Crippen LogP) is 3.69. The Labute approximate surface area is 175 Å². The molecule has 0 unspecified atom stereocenters. The number of piperidine rings is 1. The van der Waals surface area contributed by atoms with Crippen molar-refractivity contribution in [2.45, 2.75) is 18.9 Å². The van der Waals surface area contributed by atoms with Crippen LogP contribution in [0.3, 0.4) is 0 Å². The highest BCUT2D eigenvalue weighted by atomic mass is 32.1. The van der Waals surface area contributed by atoms with Crippen molar-refractivity contribution in [3.05, 3.63) is 63.6 Å². The summed E-state index contributed by atoms with van der Waals surface area (Å²) in [6, 6.07) is 8.53. The van der Waals surface area contributed by atoms with Crippen molar-refractivity contribution in [1.29, 1.82) is 0 Å². The molecule has 9 heteroatoms. The molecule has 29 heavy (non-hydrogen) atoms. The Morgan fingerprint density at radius 2 is 1.90 bits per heavy atom. The Bertz CT molecular complexity index is 987. The molecule has 4 heterocycles. The fraction of sp³-hybridized carbons (Fsp3) is 0.250. The molecule has 0 aromatic carbocycles. The highest BCUT2D eigenvalue weighted by Gasteiger charge is 2.26. The maximum absolute atomic E-state index is 12.8. The Kier molecular flexibility index (Phi) is 5.77. The monoisotopic (exact) mass is 429 g/mol. The first kappa shape index (κ1) is 19.4. The number of amides is 3. The van der Waals surface area contributed by atoms with E-state index in [0.29, 0.717) is 28.5 Å². The van der Waals surface area contributed by atoms with E-state index in [9.17, 15) is 14.4 Å². The normalized spacial score (nSPS) is 14.6. The van der Waals surface area contributed by atoms with Gasteiger partial charge in [-0.1, -0.05) is 0 Å². The minimum atomic E-state index is -0.349. The number of carbonyl (C=O) groups excluding carboxylic acids is 3. The number of carbonyl (C=O) groups is 3. The summed E-state index contributed by atoms with van der Waals surface area (Å²) in [4.78, 5) is 39.3. The number of nitrogens with zero attached hydrogens (tertiary/aromatic N) is 1. The Hall–Kier alpha value is -2.91. The van der Waals surface area contributed by atoms with Crippen LogP contribution < -0.4 is 10.6 Å². The SMILES string of the molecule is O=C(NC1CCN(C(=O)c2ccc(NC(=O)c3ccco3)s2)CC1)c1ccsc1. The fourth-order valence-electron chi connectivity index (χ4n) is 3.15. The molecule has 3 amide bonds. The average Bonchev–Trinajstić information content (AvgIpc) is 3.50. The molecule has 0 spiro atoms.